The molecule has 0 saturated carbocycles. The number of nitrogens with two attached hydrogens (primary N) is 1. The van der Waals surface area contributed by atoms with E-state index in [4.69, 9.17) is 10.9 Å². The fraction of sp³-hybridized carbons (Fsp3) is 0. The molecule has 4 aromatic rings. The molecule has 9 nitrogen and oxygen atoms in total. The molecule has 1 aromatic heterocycles. The fourth-order valence-electron chi connectivity index (χ4n) is 3.36. The SMILES string of the molecule is NC(=O)c1cccc(C(=O)c2ccc3c(C=Nc4ccc(C(=O)NO)cc4)c(O)[nH]c3c2)c1. The molecule has 9 heteroatoms. The lowest BCUT2D eigenvalue weighted by Crippen LogP contribution is -2.18. The van der Waals surface area contributed by atoms with Gasteiger partial charge in [0.2, 0.25) is 5.91 Å². The number of hydrogen-bond acceptors (Lipinski definition) is 6. The van der Waals surface area contributed by atoms with E-state index >= 15 is 0 Å². The quantitative estimate of drug-likeness (QED) is 0.134. The zero-order chi connectivity index (χ0) is 23.5. The van der Waals surface area contributed by atoms with Crippen LogP contribution in [-0.4, -0.2) is 39.1 Å². The standard InChI is InChI=1S/C24H18N4O5/c25-22(30)16-3-1-2-14(10-16)21(29)15-6-9-18-19(24(32)27-20(18)11-15)12-26-17-7-4-13(5-8-17)23(31)28-33/h1-12,27,32-33H,(H2,25,30)(H,28,31). The highest BCUT2D eigenvalue weighted by Gasteiger charge is 2.15. The number of nitrogens with one attached hydrogen (secondary N) is 2. The number of benzene rings is 3. The molecule has 0 spiro atoms. The summed E-state index contributed by atoms with van der Waals surface area (Å²) in [5, 5.41) is 19.7. The summed E-state index contributed by atoms with van der Waals surface area (Å²) in [6.45, 7) is 0. The summed E-state index contributed by atoms with van der Waals surface area (Å²) in [6, 6.07) is 17.2. The van der Waals surface area contributed by atoms with Gasteiger partial charge >= 0.3 is 0 Å². The number of hydroxylamine groups is 1. The van der Waals surface area contributed by atoms with Crippen molar-refractivity contribution >= 4 is 40.4 Å². The van der Waals surface area contributed by atoms with Crippen LogP contribution in [-0.2, 0) is 0 Å². The Labute approximate surface area is 187 Å². The molecule has 0 bridgehead atoms. The number of aromatic hydroxyl groups is 1. The average Bonchev–Trinajstić information content (AvgIpc) is 3.16. The number of rotatable bonds is 6. The molecule has 0 atom stereocenters. The number of carbonyl (C=O) groups excluding carboxylic acids is 3. The van der Waals surface area contributed by atoms with E-state index in [-0.39, 0.29) is 22.8 Å². The topological polar surface area (TPSA) is 158 Å². The molecule has 0 fully saturated rings. The highest BCUT2D eigenvalue weighted by Crippen LogP contribution is 2.28. The van der Waals surface area contributed by atoms with Crippen molar-refractivity contribution in [2.24, 2.45) is 10.7 Å². The predicted molar refractivity (Wildman–Crippen MR) is 121 cm³/mol. The molecule has 0 radical (unpaired) electrons. The summed E-state index contributed by atoms with van der Waals surface area (Å²) in [5.74, 6) is -1.67. The number of nitrogens with zero attached hydrogens (tertiary/aromatic N) is 1. The van der Waals surface area contributed by atoms with Crippen LogP contribution in [0.4, 0.5) is 5.69 Å². The van der Waals surface area contributed by atoms with E-state index in [0.717, 1.165) is 0 Å². The van der Waals surface area contributed by atoms with Gasteiger partial charge in [0.1, 0.15) is 0 Å². The van der Waals surface area contributed by atoms with Crippen molar-refractivity contribution in [1.29, 1.82) is 0 Å². The van der Waals surface area contributed by atoms with E-state index in [0.29, 0.717) is 33.3 Å². The molecule has 3 aromatic carbocycles. The number of carbonyl (C=O) groups is 3. The normalized spacial score (nSPS) is 11.1. The minimum atomic E-state index is -0.633. The van der Waals surface area contributed by atoms with Gasteiger partial charge in [0, 0.05) is 39.4 Å². The third-order valence-electron chi connectivity index (χ3n) is 5.06. The third-order valence-corrected chi connectivity index (χ3v) is 5.06. The summed E-state index contributed by atoms with van der Waals surface area (Å²) in [7, 11) is 0. The van der Waals surface area contributed by atoms with Crippen LogP contribution in [0.5, 0.6) is 5.88 Å². The summed E-state index contributed by atoms with van der Waals surface area (Å²) < 4.78 is 0. The van der Waals surface area contributed by atoms with Crippen LogP contribution in [0.3, 0.4) is 0 Å². The number of H-pyrrole nitrogens is 1. The van der Waals surface area contributed by atoms with Gasteiger partial charge in [-0.1, -0.05) is 24.3 Å². The number of fused-ring (bicyclic) bond motifs is 1. The molecule has 6 N–H and O–H groups in total. The van der Waals surface area contributed by atoms with E-state index in [1.807, 2.05) is 0 Å². The van der Waals surface area contributed by atoms with E-state index in [1.165, 1.54) is 30.5 Å². The second-order valence-electron chi connectivity index (χ2n) is 7.17. The smallest absolute Gasteiger partial charge is 0.274 e. The Hall–Kier alpha value is -4.76. The van der Waals surface area contributed by atoms with Crippen LogP contribution in [0, 0.1) is 0 Å². The Morgan fingerprint density at radius 1 is 0.909 bits per heavy atom. The van der Waals surface area contributed by atoms with Crippen LogP contribution in [0.1, 0.15) is 42.2 Å². The number of primary amides is 1. The van der Waals surface area contributed by atoms with Gasteiger partial charge in [-0.25, -0.2) is 5.48 Å². The number of aromatic nitrogens is 1. The number of aliphatic imine (C=N–C) groups is 1. The fourth-order valence-corrected chi connectivity index (χ4v) is 3.36. The molecule has 0 aliphatic rings. The molecule has 2 amide bonds. The molecular weight excluding hydrogens is 424 g/mol. The first kappa shape index (κ1) is 21.5. The maximum Gasteiger partial charge on any atom is 0.274 e. The second kappa shape index (κ2) is 8.77. The van der Waals surface area contributed by atoms with Crippen molar-refractivity contribution in [1.82, 2.24) is 10.5 Å². The van der Waals surface area contributed by atoms with Crippen molar-refractivity contribution in [2.75, 3.05) is 0 Å². The number of hydrogen-bond donors (Lipinski definition) is 5. The van der Waals surface area contributed by atoms with Crippen LogP contribution in [0.15, 0.2) is 71.7 Å². The molecule has 1 heterocycles. The second-order valence-corrected chi connectivity index (χ2v) is 7.17. The molecule has 0 saturated heterocycles. The van der Waals surface area contributed by atoms with Crippen molar-refractivity contribution in [3.63, 3.8) is 0 Å². The van der Waals surface area contributed by atoms with Crippen molar-refractivity contribution in [2.45, 2.75) is 0 Å². The number of ketones is 1. The van der Waals surface area contributed by atoms with Gasteiger partial charge in [-0.15, -0.1) is 0 Å². The van der Waals surface area contributed by atoms with Gasteiger partial charge in [-0.05, 0) is 42.5 Å². The van der Waals surface area contributed by atoms with E-state index in [9.17, 15) is 19.5 Å². The molecule has 0 aliphatic heterocycles. The minimum Gasteiger partial charge on any atom is -0.494 e. The van der Waals surface area contributed by atoms with Gasteiger partial charge in [-0.3, -0.25) is 24.6 Å². The lowest BCUT2D eigenvalue weighted by Gasteiger charge is -2.03. The maximum atomic E-state index is 12.9. The Balaban J connectivity index is 1.62. The average molecular weight is 442 g/mol. The zero-order valence-electron chi connectivity index (χ0n) is 17.1. The highest BCUT2D eigenvalue weighted by atomic mass is 16.5. The summed E-state index contributed by atoms with van der Waals surface area (Å²) in [5.41, 5.74) is 9.52. The first-order chi connectivity index (χ1) is 15.9. The number of aromatic amines is 1. The van der Waals surface area contributed by atoms with Crippen LogP contribution in [0.2, 0.25) is 0 Å². The Morgan fingerprint density at radius 3 is 2.27 bits per heavy atom. The Bertz CT molecular complexity index is 1420. The molecule has 0 aliphatic carbocycles. The maximum absolute atomic E-state index is 12.9. The molecule has 33 heavy (non-hydrogen) atoms. The van der Waals surface area contributed by atoms with Gasteiger partial charge < -0.3 is 15.8 Å². The molecular formula is C24H18N4O5. The van der Waals surface area contributed by atoms with Crippen LogP contribution >= 0.6 is 0 Å². The highest BCUT2D eigenvalue weighted by molar-refractivity contribution is 6.12. The summed E-state index contributed by atoms with van der Waals surface area (Å²) in [6.07, 6.45) is 1.47. The molecule has 164 valence electrons. The largest absolute Gasteiger partial charge is 0.494 e. The lowest BCUT2D eigenvalue weighted by atomic mass is 10.00. The zero-order valence-corrected chi connectivity index (χ0v) is 17.1. The predicted octanol–water partition coefficient (Wildman–Crippen LogP) is 3.07. The third kappa shape index (κ3) is 4.34. The first-order valence-electron chi connectivity index (χ1n) is 9.75. The lowest BCUT2D eigenvalue weighted by molar-refractivity contribution is 0.0706. The summed E-state index contributed by atoms with van der Waals surface area (Å²) >= 11 is 0. The van der Waals surface area contributed by atoms with Crippen molar-refractivity contribution in [3.05, 3.63) is 94.5 Å². The van der Waals surface area contributed by atoms with Gasteiger partial charge in [0.25, 0.3) is 5.91 Å². The molecule has 0 unspecified atom stereocenters. The van der Waals surface area contributed by atoms with E-state index in [1.54, 1.807) is 47.9 Å². The molecule has 4 rings (SSSR count). The van der Waals surface area contributed by atoms with Crippen LogP contribution < -0.4 is 11.2 Å². The van der Waals surface area contributed by atoms with E-state index < -0.39 is 11.8 Å². The van der Waals surface area contributed by atoms with Gasteiger partial charge in [0.15, 0.2) is 11.7 Å². The van der Waals surface area contributed by atoms with E-state index in [2.05, 4.69) is 9.98 Å². The van der Waals surface area contributed by atoms with Crippen molar-refractivity contribution < 1.29 is 24.7 Å². The van der Waals surface area contributed by atoms with Crippen LogP contribution in [0.25, 0.3) is 10.9 Å². The van der Waals surface area contributed by atoms with Gasteiger partial charge in [-0.2, -0.15) is 0 Å². The minimum absolute atomic E-state index is 0.120. The first-order valence-corrected chi connectivity index (χ1v) is 9.75. The van der Waals surface area contributed by atoms with Gasteiger partial charge in [0.05, 0.1) is 11.3 Å². The summed E-state index contributed by atoms with van der Waals surface area (Å²) in [4.78, 5) is 42.8. The Kier molecular flexibility index (Phi) is 5.71. The van der Waals surface area contributed by atoms with Crippen molar-refractivity contribution in [3.8, 4) is 5.88 Å². The Morgan fingerprint density at radius 2 is 1.58 bits per heavy atom. The monoisotopic (exact) mass is 442 g/mol. The number of amides is 2.